The van der Waals surface area contributed by atoms with Crippen LogP contribution in [-0.2, 0) is 4.74 Å². The number of carbonyl (C=O) groups is 2. The average Bonchev–Trinajstić information content (AvgIpc) is 2.29. The molecule has 1 aromatic rings. The van der Waals surface area contributed by atoms with Crippen LogP contribution in [0.5, 0.6) is 0 Å². The van der Waals surface area contributed by atoms with E-state index in [1.54, 1.807) is 31.3 Å². The summed E-state index contributed by atoms with van der Waals surface area (Å²) in [7, 11) is 2.97. The maximum Gasteiger partial charge on any atom is 0.337 e. The fraction of sp³-hybridized carbons (Fsp3) is 0.200. The lowest BCUT2D eigenvalue weighted by Gasteiger charge is -1.97. The summed E-state index contributed by atoms with van der Waals surface area (Å²) in [5.41, 5.74) is 3.24. The molecule has 1 rings (SSSR count). The molecule has 0 amide bonds. The zero-order valence-corrected chi connectivity index (χ0v) is 8.69. The molecule has 0 aliphatic rings. The fourth-order valence-electron chi connectivity index (χ4n) is 0.816. The van der Waals surface area contributed by atoms with Gasteiger partial charge in [-0.05, 0) is 19.2 Å². The number of benzene rings is 1. The standard InChI is InChI=1S/C9H8O3.CH6N2/c1-12-9(11)8-4-2-7(6-10)3-5-8;1-3-2/h2-6H,1H3;3H,2H2,1H3. The molecule has 0 saturated heterocycles. The fourth-order valence-corrected chi connectivity index (χ4v) is 0.816. The summed E-state index contributed by atoms with van der Waals surface area (Å²) in [4.78, 5) is 21.1. The highest BCUT2D eigenvalue weighted by molar-refractivity contribution is 5.90. The topological polar surface area (TPSA) is 81.4 Å². The molecule has 0 aliphatic heterocycles. The van der Waals surface area contributed by atoms with E-state index in [1.165, 1.54) is 7.11 Å². The Morgan fingerprint density at radius 3 is 2.20 bits per heavy atom. The van der Waals surface area contributed by atoms with Crippen LogP contribution in [0.1, 0.15) is 20.7 Å². The molecular formula is C10H14N2O3. The predicted molar refractivity (Wildman–Crippen MR) is 56.4 cm³/mol. The number of aldehydes is 1. The summed E-state index contributed by atoms with van der Waals surface area (Å²) in [5, 5.41) is 0. The SMILES string of the molecule is CNN.COC(=O)c1ccc(C=O)cc1. The van der Waals surface area contributed by atoms with Gasteiger partial charge < -0.3 is 4.74 Å². The summed E-state index contributed by atoms with van der Waals surface area (Å²) in [6, 6.07) is 6.24. The lowest BCUT2D eigenvalue weighted by Crippen LogP contribution is -2.13. The van der Waals surface area contributed by atoms with Crippen molar-refractivity contribution in [3.8, 4) is 0 Å². The maximum absolute atomic E-state index is 10.9. The Morgan fingerprint density at radius 2 is 1.87 bits per heavy atom. The maximum atomic E-state index is 10.9. The van der Waals surface area contributed by atoms with Crippen molar-refractivity contribution in [3.63, 3.8) is 0 Å². The molecule has 0 bridgehead atoms. The number of hydrazine groups is 1. The normalized spacial score (nSPS) is 8.47. The number of ether oxygens (including phenoxy) is 1. The van der Waals surface area contributed by atoms with Crippen LogP contribution in [-0.4, -0.2) is 26.4 Å². The molecule has 0 unspecified atom stereocenters. The smallest absolute Gasteiger partial charge is 0.337 e. The van der Waals surface area contributed by atoms with E-state index in [1.807, 2.05) is 0 Å². The van der Waals surface area contributed by atoms with E-state index in [2.05, 4.69) is 16.0 Å². The molecule has 5 heteroatoms. The monoisotopic (exact) mass is 210 g/mol. The van der Waals surface area contributed by atoms with Crippen molar-refractivity contribution >= 4 is 12.3 Å². The Hall–Kier alpha value is -1.72. The highest BCUT2D eigenvalue weighted by Gasteiger charge is 2.02. The first-order valence-corrected chi connectivity index (χ1v) is 4.20. The summed E-state index contributed by atoms with van der Waals surface area (Å²) in [6.07, 6.45) is 0.723. The van der Waals surface area contributed by atoms with Gasteiger partial charge in [0.1, 0.15) is 6.29 Å². The van der Waals surface area contributed by atoms with Gasteiger partial charge in [-0.2, -0.15) is 0 Å². The second-order valence-electron chi connectivity index (χ2n) is 2.52. The minimum Gasteiger partial charge on any atom is -0.465 e. The minimum atomic E-state index is -0.396. The molecule has 15 heavy (non-hydrogen) atoms. The van der Waals surface area contributed by atoms with Crippen molar-refractivity contribution in [1.82, 2.24) is 5.43 Å². The largest absolute Gasteiger partial charge is 0.465 e. The van der Waals surface area contributed by atoms with Gasteiger partial charge in [0.05, 0.1) is 12.7 Å². The van der Waals surface area contributed by atoms with Gasteiger partial charge in [-0.25, -0.2) is 4.79 Å². The van der Waals surface area contributed by atoms with Crippen molar-refractivity contribution < 1.29 is 14.3 Å². The van der Waals surface area contributed by atoms with Crippen molar-refractivity contribution in [3.05, 3.63) is 35.4 Å². The zero-order valence-electron chi connectivity index (χ0n) is 8.69. The van der Waals surface area contributed by atoms with E-state index in [0.717, 1.165) is 6.29 Å². The van der Waals surface area contributed by atoms with Crippen molar-refractivity contribution in [2.75, 3.05) is 14.2 Å². The Balaban J connectivity index is 0.000000583. The Kier molecular flexibility index (Phi) is 6.78. The molecule has 0 aliphatic carbocycles. The molecular weight excluding hydrogens is 196 g/mol. The molecule has 82 valence electrons. The molecule has 0 heterocycles. The number of hydrogen-bond donors (Lipinski definition) is 2. The Bertz CT molecular complexity index is 309. The summed E-state index contributed by atoms with van der Waals surface area (Å²) >= 11 is 0. The Labute approximate surface area is 88.2 Å². The molecule has 3 N–H and O–H groups in total. The highest BCUT2D eigenvalue weighted by Crippen LogP contribution is 2.03. The molecule has 5 nitrogen and oxygen atoms in total. The van der Waals surface area contributed by atoms with Crippen LogP contribution in [0.15, 0.2) is 24.3 Å². The van der Waals surface area contributed by atoms with E-state index in [9.17, 15) is 9.59 Å². The lowest BCUT2D eigenvalue weighted by atomic mass is 10.1. The molecule has 0 radical (unpaired) electrons. The van der Waals surface area contributed by atoms with Gasteiger partial charge in [0.2, 0.25) is 0 Å². The van der Waals surface area contributed by atoms with Crippen LogP contribution >= 0.6 is 0 Å². The van der Waals surface area contributed by atoms with Gasteiger partial charge in [0.15, 0.2) is 0 Å². The molecule has 0 saturated carbocycles. The van der Waals surface area contributed by atoms with E-state index < -0.39 is 5.97 Å². The average molecular weight is 210 g/mol. The van der Waals surface area contributed by atoms with Crippen LogP contribution in [0.25, 0.3) is 0 Å². The third-order valence-corrected chi connectivity index (χ3v) is 1.47. The van der Waals surface area contributed by atoms with Gasteiger partial charge in [-0.15, -0.1) is 0 Å². The number of nitrogens with one attached hydrogen (secondary N) is 1. The first-order valence-electron chi connectivity index (χ1n) is 4.20. The first kappa shape index (κ1) is 13.3. The minimum absolute atomic E-state index is 0.396. The van der Waals surface area contributed by atoms with E-state index >= 15 is 0 Å². The van der Waals surface area contributed by atoms with Crippen LogP contribution in [0.2, 0.25) is 0 Å². The summed E-state index contributed by atoms with van der Waals surface area (Å²) < 4.78 is 4.48. The number of nitrogens with two attached hydrogens (primary N) is 1. The van der Waals surface area contributed by atoms with Crippen LogP contribution < -0.4 is 11.3 Å². The number of carbonyl (C=O) groups excluding carboxylic acids is 2. The van der Waals surface area contributed by atoms with Gasteiger partial charge in [-0.3, -0.25) is 16.1 Å². The number of methoxy groups -OCH3 is 1. The second-order valence-corrected chi connectivity index (χ2v) is 2.52. The van der Waals surface area contributed by atoms with Crippen molar-refractivity contribution in [1.29, 1.82) is 0 Å². The van der Waals surface area contributed by atoms with Crippen LogP contribution in [0.4, 0.5) is 0 Å². The van der Waals surface area contributed by atoms with Crippen molar-refractivity contribution in [2.45, 2.75) is 0 Å². The highest BCUT2D eigenvalue weighted by atomic mass is 16.5. The predicted octanol–water partition coefficient (Wildman–Crippen LogP) is 0.365. The van der Waals surface area contributed by atoms with E-state index in [0.29, 0.717) is 11.1 Å². The number of rotatable bonds is 2. The van der Waals surface area contributed by atoms with Gasteiger partial charge in [-0.1, -0.05) is 12.1 Å². The van der Waals surface area contributed by atoms with Crippen LogP contribution in [0.3, 0.4) is 0 Å². The Morgan fingerprint density at radius 1 is 1.40 bits per heavy atom. The molecule has 0 spiro atoms. The van der Waals surface area contributed by atoms with E-state index in [4.69, 9.17) is 0 Å². The first-order chi connectivity index (χ1) is 7.19. The molecule has 0 fully saturated rings. The summed E-state index contributed by atoms with van der Waals surface area (Å²) in [6.45, 7) is 0. The van der Waals surface area contributed by atoms with Gasteiger partial charge in [0.25, 0.3) is 0 Å². The van der Waals surface area contributed by atoms with Crippen molar-refractivity contribution in [2.24, 2.45) is 5.84 Å². The molecule has 1 aromatic carbocycles. The van der Waals surface area contributed by atoms with E-state index in [-0.39, 0.29) is 0 Å². The summed E-state index contributed by atoms with van der Waals surface area (Å²) in [5.74, 6) is 4.20. The zero-order chi connectivity index (χ0) is 11.7. The third kappa shape index (κ3) is 4.90. The molecule has 0 atom stereocenters. The molecule has 0 aromatic heterocycles. The lowest BCUT2D eigenvalue weighted by molar-refractivity contribution is 0.0600. The van der Waals surface area contributed by atoms with Gasteiger partial charge in [0, 0.05) is 5.56 Å². The van der Waals surface area contributed by atoms with Gasteiger partial charge >= 0.3 is 5.97 Å². The number of hydrogen-bond acceptors (Lipinski definition) is 5. The quantitative estimate of drug-likeness (QED) is 0.319. The van der Waals surface area contributed by atoms with Crippen LogP contribution in [0, 0.1) is 0 Å². The number of esters is 1. The second kappa shape index (κ2) is 7.66. The third-order valence-electron chi connectivity index (χ3n) is 1.47.